The molecule has 0 aromatic carbocycles. The van der Waals surface area contributed by atoms with Crippen molar-refractivity contribution in [2.75, 3.05) is 26.2 Å². The molecule has 6 nitrogen and oxygen atoms in total. The molecular formula is C16H25N3O3. The van der Waals surface area contributed by atoms with Gasteiger partial charge in [0.2, 0.25) is 5.91 Å². The summed E-state index contributed by atoms with van der Waals surface area (Å²) in [6.45, 7) is 8.06. The maximum absolute atomic E-state index is 11.8. The SMILES string of the molecule is CC(C)c1nc(CN2CCC3(CC2)CC(=O)NCCO3)co1. The van der Waals surface area contributed by atoms with E-state index in [2.05, 4.69) is 29.0 Å². The van der Waals surface area contributed by atoms with Crippen LogP contribution in [0, 0.1) is 0 Å². The fraction of sp³-hybridized carbons (Fsp3) is 0.750. The van der Waals surface area contributed by atoms with Gasteiger partial charge in [-0.3, -0.25) is 9.69 Å². The highest BCUT2D eigenvalue weighted by Crippen LogP contribution is 2.31. The highest BCUT2D eigenvalue weighted by atomic mass is 16.5. The molecule has 0 unspecified atom stereocenters. The quantitative estimate of drug-likeness (QED) is 0.920. The summed E-state index contributed by atoms with van der Waals surface area (Å²) in [6.07, 6.45) is 4.04. The minimum Gasteiger partial charge on any atom is -0.448 e. The summed E-state index contributed by atoms with van der Waals surface area (Å²) in [4.78, 5) is 18.7. The van der Waals surface area contributed by atoms with Crippen molar-refractivity contribution in [3.05, 3.63) is 17.8 Å². The summed E-state index contributed by atoms with van der Waals surface area (Å²) < 4.78 is 11.5. The number of aromatic nitrogens is 1. The normalized spacial score (nSPS) is 22.8. The number of piperidine rings is 1. The third-order valence-corrected chi connectivity index (χ3v) is 4.53. The van der Waals surface area contributed by atoms with Gasteiger partial charge in [-0.15, -0.1) is 0 Å². The number of hydrogen-bond acceptors (Lipinski definition) is 5. The topological polar surface area (TPSA) is 67.6 Å². The first-order chi connectivity index (χ1) is 10.6. The Hall–Kier alpha value is -1.40. The summed E-state index contributed by atoms with van der Waals surface area (Å²) in [7, 11) is 0. The molecule has 1 aromatic rings. The lowest BCUT2D eigenvalue weighted by atomic mass is 9.87. The maximum atomic E-state index is 11.8. The van der Waals surface area contributed by atoms with Crippen LogP contribution in [-0.2, 0) is 16.1 Å². The Kier molecular flexibility index (Phi) is 4.49. The first-order valence-corrected chi connectivity index (χ1v) is 8.14. The van der Waals surface area contributed by atoms with Gasteiger partial charge < -0.3 is 14.5 Å². The Bertz CT molecular complexity index is 518. The summed E-state index contributed by atoms with van der Waals surface area (Å²) in [5.41, 5.74) is 0.725. The number of carbonyl (C=O) groups is 1. The van der Waals surface area contributed by atoms with E-state index in [-0.39, 0.29) is 11.5 Å². The van der Waals surface area contributed by atoms with Crippen LogP contribution in [-0.4, -0.2) is 47.6 Å². The van der Waals surface area contributed by atoms with Crippen molar-refractivity contribution >= 4 is 5.91 Å². The fourth-order valence-corrected chi connectivity index (χ4v) is 3.19. The van der Waals surface area contributed by atoms with Gasteiger partial charge in [0, 0.05) is 32.1 Å². The van der Waals surface area contributed by atoms with Gasteiger partial charge >= 0.3 is 0 Å². The third kappa shape index (κ3) is 3.50. The number of rotatable bonds is 3. The molecule has 1 amide bonds. The van der Waals surface area contributed by atoms with E-state index in [0.29, 0.717) is 25.5 Å². The summed E-state index contributed by atoms with van der Waals surface area (Å²) in [5, 5.41) is 2.88. The zero-order valence-electron chi connectivity index (χ0n) is 13.4. The number of amides is 1. The molecule has 2 aliphatic rings. The van der Waals surface area contributed by atoms with Gasteiger partial charge in [0.1, 0.15) is 6.26 Å². The first kappa shape index (κ1) is 15.5. The van der Waals surface area contributed by atoms with E-state index in [4.69, 9.17) is 9.15 Å². The van der Waals surface area contributed by atoms with Gasteiger partial charge in [0.15, 0.2) is 5.89 Å². The van der Waals surface area contributed by atoms with Crippen LogP contribution in [0.3, 0.4) is 0 Å². The van der Waals surface area contributed by atoms with E-state index in [1.807, 2.05) is 0 Å². The largest absolute Gasteiger partial charge is 0.448 e. The molecule has 0 atom stereocenters. The molecule has 0 bridgehead atoms. The van der Waals surface area contributed by atoms with E-state index < -0.39 is 0 Å². The molecule has 1 spiro atoms. The van der Waals surface area contributed by atoms with Crippen molar-refractivity contribution in [3.8, 4) is 0 Å². The zero-order valence-corrected chi connectivity index (χ0v) is 13.4. The second-order valence-electron chi connectivity index (χ2n) is 6.67. The van der Waals surface area contributed by atoms with Crippen molar-refractivity contribution in [1.82, 2.24) is 15.2 Å². The van der Waals surface area contributed by atoms with E-state index in [9.17, 15) is 4.79 Å². The second kappa shape index (κ2) is 6.38. The first-order valence-electron chi connectivity index (χ1n) is 8.14. The molecular weight excluding hydrogens is 282 g/mol. The average Bonchev–Trinajstić information content (AvgIpc) is 2.87. The van der Waals surface area contributed by atoms with Gasteiger partial charge in [-0.25, -0.2) is 4.98 Å². The number of carbonyl (C=O) groups excluding carboxylic acids is 1. The molecule has 122 valence electrons. The van der Waals surface area contributed by atoms with Crippen LogP contribution in [0.1, 0.15) is 50.6 Å². The minimum absolute atomic E-state index is 0.115. The number of hydrogen-bond donors (Lipinski definition) is 1. The molecule has 2 aliphatic heterocycles. The zero-order chi connectivity index (χ0) is 15.6. The van der Waals surface area contributed by atoms with Crippen molar-refractivity contribution < 1.29 is 13.9 Å². The highest BCUT2D eigenvalue weighted by Gasteiger charge is 2.38. The predicted octanol–water partition coefficient (Wildman–Crippen LogP) is 1.67. The lowest BCUT2D eigenvalue weighted by molar-refractivity contribution is -0.128. The monoisotopic (exact) mass is 307 g/mol. The van der Waals surface area contributed by atoms with E-state index in [1.54, 1.807) is 6.26 Å². The van der Waals surface area contributed by atoms with Crippen molar-refractivity contribution in [2.24, 2.45) is 0 Å². The number of likely N-dealkylation sites (tertiary alicyclic amines) is 1. The highest BCUT2D eigenvalue weighted by molar-refractivity contribution is 5.77. The molecule has 3 heterocycles. The van der Waals surface area contributed by atoms with Crippen LogP contribution < -0.4 is 5.32 Å². The number of nitrogens with one attached hydrogen (secondary N) is 1. The molecule has 6 heteroatoms. The molecule has 0 radical (unpaired) electrons. The fourth-order valence-electron chi connectivity index (χ4n) is 3.19. The summed E-state index contributed by atoms with van der Waals surface area (Å²) in [5.74, 6) is 1.23. The lowest BCUT2D eigenvalue weighted by Crippen LogP contribution is -2.46. The van der Waals surface area contributed by atoms with Crippen LogP contribution in [0.5, 0.6) is 0 Å². The van der Waals surface area contributed by atoms with Gasteiger partial charge in [-0.05, 0) is 12.8 Å². The smallest absolute Gasteiger partial charge is 0.222 e. The van der Waals surface area contributed by atoms with E-state index >= 15 is 0 Å². The number of ether oxygens (including phenoxy) is 1. The Balaban J connectivity index is 1.55. The maximum Gasteiger partial charge on any atom is 0.222 e. The molecule has 0 aliphatic carbocycles. The molecule has 0 saturated carbocycles. The predicted molar refractivity (Wildman–Crippen MR) is 81.4 cm³/mol. The third-order valence-electron chi connectivity index (χ3n) is 4.53. The Morgan fingerprint density at radius 1 is 1.41 bits per heavy atom. The number of oxazole rings is 1. The summed E-state index contributed by atoms with van der Waals surface area (Å²) >= 11 is 0. The van der Waals surface area contributed by atoms with Crippen LogP contribution in [0.2, 0.25) is 0 Å². The second-order valence-corrected chi connectivity index (χ2v) is 6.67. The minimum atomic E-state index is -0.260. The Labute approximate surface area is 131 Å². The van der Waals surface area contributed by atoms with Gasteiger partial charge in [-0.1, -0.05) is 13.8 Å². The van der Waals surface area contributed by atoms with Gasteiger partial charge in [-0.2, -0.15) is 0 Å². The van der Waals surface area contributed by atoms with Gasteiger partial charge in [0.25, 0.3) is 0 Å². The van der Waals surface area contributed by atoms with Crippen LogP contribution in [0.15, 0.2) is 10.7 Å². The Morgan fingerprint density at radius 3 is 2.86 bits per heavy atom. The van der Waals surface area contributed by atoms with Crippen molar-refractivity contribution in [1.29, 1.82) is 0 Å². The molecule has 1 N–H and O–H groups in total. The number of nitrogens with zero attached hydrogens (tertiary/aromatic N) is 2. The standard InChI is InChI=1S/C16H25N3O3/c1-12(2)15-18-13(11-21-15)10-19-6-3-16(4-7-19)9-14(20)17-5-8-22-16/h11-12H,3-10H2,1-2H3,(H,17,20). The summed E-state index contributed by atoms with van der Waals surface area (Å²) in [6, 6.07) is 0. The van der Waals surface area contributed by atoms with Crippen LogP contribution in [0.25, 0.3) is 0 Å². The lowest BCUT2D eigenvalue weighted by Gasteiger charge is -2.40. The van der Waals surface area contributed by atoms with Crippen LogP contribution in [0.4, 0.5) is 0 Å². The molecule has 22 heavy (non-hydrogen) atoms. The Morgan fingerprint density at radius 2 is 2.18 bits per heavy atom. The van der Waals surface area contributed by atoms with Crippen molar-refractivity contribution in [2.45, 2.75) is 51.2 Å². The van der Waals surface area contributed by atoms with Crippen LogP contribution >= 0.6 is 0 Å². The average molecular weight is 307 g/mol. The molecule has 3 rings (SSSR count). The van der Waals surface area contributed by atoms with Crippen molar-refractivity contribution in [3.63, 3.8) is 0 Å². The molecule has 2 fully saturated rings. The molecule has 1 aromatic heterocycles. The van der Waals surface area contributed by atoms with E-state index in [1.165, 1.54) is 0 Å². The molecule has 2 saturated heterocycles. The van der Waals surface area contributed by atoms with E-state index in [0.717, 1.165) is 44.1 Å². The van der Waals surface area contributed by atoms with Gasteiger partial charge in [0.05, 0.1) is 24.3 Å².